The topological polar surface area (TPSA) is 86.7 Å². The third kappa shape index (κ3) is 6.50. The smallest absolute Gasteiger partial charge is 0.306 e. The van der Waals surface area contributed by atoms with Crippen LogP contribution in [0.5, 0.6) is 0 Å². The fourth-order valence-corrected chi connectivity index (χ4v) is 3.20. The molecule has 0 radical (unpaired) electrons. The van der Waals surface area contributed by atoms with E-state index in [1.807, 2.05) is 25.1 Å². The van der Waals surface area contributed by atoms with Gasteiger partial charge in [0.1, 0.15) is 0 Å². The lowest BCUT2D eigenvalue weighted by Gasteiger charge is -2.30. The van der Waals surface area contributed by atoms with E-state index in [2.05, 4.69) is 17.4 Å². The van der Waals surface area contributed by atoms with E-state index < -0.39 is 5.97 Å². The SMILES string of the molecule is C[C@@H](CCc1ccccc1)NC(=O)CCC(=O)N1CCC(C(=O)O)CC1. The molecule has 142 valence electrons. The van der Waals surface area contributed by atoms with Gasteiger partial charge in [0.15, 0.2) is 0 Å². The normalized spacial score (nSPS) is 16.1. The molecule has 0 aromatic heterocycles. The van der Waals surface area contributed by atoms with E-state index in [1.165, 1.54) is 5.56 Å². The highest BCUT2D eigenvalue weighted by atomic mass is 16.4. The predicted octanol–water partition coefficient (Wildman–Crippen LogP) is 2.23. The molecular weight excluding hydrogens is 332 g/mol. The number of aryl methyl sites for hydroxylation is 1. The van der Waals surface area contributed by atoms with Crippen LogP contribution in [-0.4, -0.2) is 46.9 Å². The van der Waals surface area contributed by atoms with Crippen molar-refractivity contribution in [1.82, 2.24) is 10.2 Å². The Bertz CT molecular complexity index is 609. The van der Waals surface area contributed by atoms with E-state index in [4.69, 9.17) is 5.11 Å². The second-order valence-electron chi connectivity index (χ2n) is 6.99. The summed E-state index contributed by atoms with van der Waals surface area (Å²) in [4.78, 5) is 36.8. The quantitative estimate of drug-likeness (QED) is 0.744. The highest BCUT2D eigenvalue weighted by molar-refractivity contribution is 5.84. The van der Waals surface area contributed by atoms with Gasteiger partial charge in [0.2, 0.25) is 11.8 Å². The van der Waals surface area contributed by atoms with Crippen molar-refractivity contribution in [2.75, 3.05) is 13.1 Å². The largest absolute Gasteiger partial charge is 0.481 e. The Morgan fingerprint density at radius 1 is 1.15 bits per heavy atom. The maximum Gasteiger partial charge on any atom is 0.306 e. The molecule has 2 rings (SSSR count). The number of amides is 2. The number of benzene rings is 1. The molecule has 1 fully saturated rings. The molecule has 1 heterocycles. The highest BCUT2D eigenvalue weighted by Crippen LogP contribution is 2.18. The molecule has 2 amide bonds. The van der Waals surface area contributed by atoms with Crippen LogP contribution in [-0.2, 0) is 20.8 Å². The second-order valence-corrected chi connectivity index (χ2v) is 6.99. The van der Waals surface area contributed by atoms with Gasteiger partial charge < -0.3 is 15.3 Å². The zero-order chi connectivity index (χ0) is 18.9. The Morgan fingerprint density at radius 3 is 2.42 bits per heavy atom. The summed E-state index contributed by atoms with van der Waals surface area (Å²) in [5, 5.41) is 11.9. The fraction of sp³-hybridized carbons (Fsp3) is 0.550. The maximum atomic E-state index is 12.2. The van der Waals surface area contributed by atoms with Gasteiger partial charge in [-0.25, -0.2) is 0 Å². The highest BCUT2D eigenvalue weighted by Gasteiger charge is 2.27. The number of carbonyl (C=O) groups is 3. The number of piperidine rings is 1. The molecule has 1 saturated heterocycles. The summed E-state index contributed by atoms with van der Waals surface area (Å²) in [6, 6.07) is 10.2. The van der Waals surface area contributed by atoms with Gasteiger partial charge in [0.05, 0.1) is 5.92 Å². The molecule has 1 aliphatic rings. The molecule has 0 bridgehead atoms. The van der Waals surface area contributed by atoms with Gasteiger partial charge in [-0.3, -0.25) is 14.4 Å². The molecule has 1 atom stereocenters. The van der Waals surface area contributed by atoms with Crippen molar-refractivity contribution < 1.29 is 19.5 Å². The minimum atomic E-state index is -0.791. The third-order valence-corrected chi connectivity index (χ3v) is 4.88. The van der Waals surface area contributed by atoms with Crippen molar-refractivity contribution in [2.24, 2.45) is 5.92 Å². The van der Waals surface area contributed by atoms with Crippen molar-refractivity contribution in [3.8, 4) is 0 Å². The molecular formula is C20H28N2O4. The predicted molar refractivity (Wildman–Crippen MR) is 98.5 cm³/mol. The van der Waals surface area contributed by atoms with Crippen LogP contribution in [0, 0.1) is 5.92 Å². The molecule has 6 heteroatoms. The minimum absolute atomic E-state index is 0.0594. The van der Waals surface area contributed by atoms with E-state index in [9.17, 15) is 14.4 Å². The second kappa shape index (κ2) is 9.94. The molecule has 1 aliphatic heterocycles. The number of aliphatic carboxylic acids is 1. The molecule has 1 aromatic rings. The van der Waals surface area contributed by atoms with Crippen LogP contribution < -0.4 is 5.32 Å². The van der Waals surface area contributed by atoms with Crippen LogP contribution in [0.3, 0.4) is 0 Å². The van der Waals surface area contributed by atoms with E-state index in [-0.39, 0.29) is 36.6 Å². The molecule has 26 heavy (non-hydrogen) atoms. The van der Waals surface area contributed by atoms with Crippen molar-refractivity contribution in [3.05, 3.63) is 35.9 Å². The molecule has 6 nitrogen and oxygen atoms in total. The van der Waals surface area contributed by atoms with Crippen molar-refractivity contribution in [1.29, 1.82) is 0 Å². The number of carboxylic acids is 1. The summed E-state index contributed by atoms with van der Waals surface area (Å²) in [7, 11) is 0. The summed E-state index contributed by atoms with van der Waals surface area (Å²) < 4.78 is 0. The van der Waals surface area contributed by atoms with E-state index in [0.717, 1.165) is 12.8 Å². The number of hydrogen-bond donors (Lipinski definition) is 2. The lowest BCUT2D eigenvalue weighted by Crippen LogP contribution is -2.41. The van der Waals surface area contributed by atoms with Gasteiger partial charge in [-0.2, -0.15) is 0 Å². The van der Waals surface area contributed by atoms with Crippen molar-refractivity contribution >= 4 is 17.8 Å². The van der Waals surface area contributed by atoms with Gasteiger partial charge in [0.25, 0.3) is 0 Å². The molecule has 1 aromatic carbocycles. The van der Waals surface area contributed by atoms with Gasteiger partial charge in [-0.1, -0.05) is 30.3 Å². The van der Waals surface area contributed by atoms with E-state index in [0.29, 0.717) is 25.9 Å². The van der Waals surface area contributed by atoms with Gasteiger partial charge >= 0.3 is 5.97 Å². The van der Waals surface area contributed by atoms with E-state index >= 15 is 0 Å². The Labute approximate surface area is 154 Å². The average molecular weight is 360 g/mol. The lowest BCUT2D eigenvalue weighted by atomic mass is 9.97. The number of nitrogens with one attached hydrogen (secondary N) is 1. The van der Waals surface area contributed by atoms with Crippen molar-refractivity contribution in [3.63, 3.8) is 0 Å². The Hall–Kier alpha value is -2.37. The van der Waals surface area contributed by atoms with Crippen molar-refractivity contribution in [2.45, 2.75) is 51.5 Å². The lowest BCUT2D eigenvalue weighted by molar-refractivity contribution is -0.145. The summed E-state index contributed by atoms with van der Waals surface area (Å²) in [5.41, 5.74) is 1.24. The van der Waals surface area contributed by atoms with Crippen LogP contribution in [0.1, 0.15) is 44.6 Å². The molecule has 0 aliphatic carbocycles. The third-order valence-electron chi connectivity index (χ3n) is 4.88. The number of carboxylic acid groups (broad SMARTS) is 1. The van der Waals surface area contributed by atoms with Gasteiger partial charge in [0, 0.05) is 32.0 Å². The number of nitrogens with zero attached hydrogens (tertiary/aromatic N) is 1. The zero-order valence-electron chi connectivity index (χ0n) is 15.3. The van der Waals surface area contributed by atoms with Crippen LogP contribution in [0.15, 0.2) is 30.3 Å². The summed E-state index contributed by atoms with van der Waals surface area (Å²) in [5.74, 6) is -1.32. The van der Waals surface area contributed by atoms with Gasteiger partial charge in [-0.15, -0.1) is 0 Å². The summed E-state index contributed by atoms with van der Waals surface area (Å²) in [6.45, 7) is 2.90. The molecule has 0 unspecified atom stereocenters. The van der Waals surface area contributed by atoms with E-state index in [1.54, 1.807) is 4.90 Å². The molecule has 0 saturated carbocycles. The Kier molecular flexibility index (Phi) is 7.63. The molecule has 2 N–H and O–H groups in total. The Morgan fingerprint density at radius 2 is 1.81 bits per heavy atom. The average Bonchev–Trinajstić information content (AvgIpc) is 2.65. The first-order valence-corrected chi connectivity index (χ1v) is 9.29. The zero-order valence-corrected chi connectivity index (χ0v) is 15.3. The number of likely N-dealkylation sites (tertiary alicyclic amines) is 1. The van der Waals surface area contributed by atoms with Crippen LogP contribution in [0.25, 0.3) is 0 Å². The van der Waals surface area contributed by atoms with Crippen LogP contribution in [0.2, 0.25) is 0 Å². The first-order chi connectivity index (χ1) is 12.5. The standard InChI is InChI=1S/C20H28N2O4/c1-15(7-8-16-5-3-2-4-6-16)21-18(23)9-10-19(24)22-13-11-17(12-14-22)20(25)26/h2-6,15,17H,7-14H2,1H3,(H,21,23)(H,25,26)/t15-/m0/s1. The minimum Gasteiger partial charge on any atom is -0.481 e. The number of carbonyl (C=O) groups excluding carboxylic acids is 2. The van der Waals surface area contributed by atoms with Gasteiger partial charge in [-0.05, 0) is 38.2 Å². The first kappa shape index (κ1) is 19.9. The molecule has 0 spiro atoms. The number of hydrogen-bond acceptors (Lipinski definition) is 3. The number of rotatable bonds is 8. The summed E-state index contributed by atoms with van der Waals surface area (Å²) >= 11 is 0. The Balaban J connectivity index is 1.63. The van der Waals surface area contributed by atoms with Crippen LogP contribution in [0.4, 0.5) is 0 Å². The van der Waals surface area contributed by atoms with Crippen LogP contribution >= 0.6 is 0 Å². The monoisotopic (exact) mass is 360 g/mol. The summed E-state index contributed by atoms with van der Waals surface area (Å²) in [6.07, 6.45) is 3.09. The maximum absolute atomic E-state index is 12.2. The fourth-order valence-electron chi connectivity index (χ4n) is 3.20. The first-order valence-electron chi connectivity index (χ1n) is 9.29.